The van der Waals surface area contributed by atoms with Crippen LogP contribution in [0, 0.1) is 0 Å². The lowest BCUT2D eigenvalue weighted by molar-refractivity contribution is 0.0663. The number of nitrogens with zero attached hydrogens (tertiary/aromatic N) is 4. The molecule has 1 aromatic rings. The van der Waals surface area contributed by atoms with E-state index in [4.69, 9.17) is 0 Å². The molecule has 1 aliphatic rings. The maximum atomic E-state index is 12.3. The molecule has 0 spiro atoms. The van der Waals surface area contributed by atoms with Gasteiger partial charge in [0.25, 0.3) is 5.91 Å². The molecular formula is C14H23N5O. The van der Waals surface area contributed by atoms with Crippen molar-refractivity contribution in [2.45, 2.75) is 19.8 Å². The van der Waals surface area contributed by atoms with Crippen LogP contribution in [0.25, 0.3) is 0 Å². The zero-order chi connectivity index (χ0) is 14.4. The van der Waals surface area contributed by atoms with Crippen LogP contribution in [0.5, 0.6) is 0 Å². The summed E-state index contributed by atoms with van der Waals surface area (Å²) in [6.07, 6.45) is 5.45. The van der Waals surface area contributed by atoms with Crippen molar-refractivity contribution in [2.24, 2.45) is 0 Å². The van der Waals surface area contributed by atoms with Crippen LogP contribution in [-0.4, -0.2) is 65.4 Å². The molecule has 0 aliphatic carbocycles. The van der Waals surface area contributed by atoms with E-state index in [9.17, 15) is 4.79 Å². The smallest absolute Gasteiger partial charge is 0.257 e. The van der Waals surface area contributed by atoms with Crippen molar-refractivity contribution in [1.82, 2.24) is 19.8 Å². The molecular weight excluding hydrogens is 254 g/mol. The second kappa shape index (κ2) is 7.19. The molecule has 0 radical (unpaired) electrons. The molecule has 1 aliphatic heterocycles. The summed E-state index contributed by atoms with van der Waals surface area (Å²) in [5, 5.41) is 3.14. The van der Waals surface area contributed by atoms with Gasteiger partial charge in [-0.25, -0.2) is 9.97 Å². The molecule has 2 heterocycles. The van der Waals surface area contributed by atoms with Gasteiger partial charge in [0.15, 0.2) is 0 Å². The Morgan fingerprint density at radius 1 is 1.25 bits per heavy atom. The zero-order valence-corrected chi connectivity index (χ0v) is 12.3. The van der Waals surface area contributed by atoms with Gasteiger partial charge < -0.3 is 15.1 Å². The lowest BCUT2D eigenvalue weighted by Crippen LogP contribution is -2.47. The van der Waals surface area contributed by atoms with Gasteiger partial charge >= 0.3 is 0 Å². The van der Waals surface area contributed by atoms with Crippen molar-refractivity contribution in [3.8, 4) is 0 Å². The Labute approximate surface area is 120 Å². The van der Waals surface area contributed by atoms with Crippen LogP contribution < -0.4 is 5.32 Å². The number of amides is 1. The van der Waals surface area contributed by atoms with E-state index in [-0.39, 0.29) is 5.91 Å². The summed E-state index contributed by atoms with van der Waals surface area (Å²) in [6.45, 7) is 6.38. The first-order valence-corrected chi connectivity index (χ1v) is 7.24. The van der Waals surface area contributed by atoms with Crippen LogP contribution in [0.2, 0.25) is 0 Å². The minimum Gasteiger partial charge on any atom is -0.354 e. The number of piperazine rings is 1. The van der Waals surface area contributed by atoms with Gasteiger partial charge in [0.05, 0.1) is 5.56 Å². The van der Waals surface area contributed by atoms with Crippen molar-refractivity contribution in [3.05, 3.63) is 18.0 Å². The molecule has 0 saturated carbocycles. The molecule has 1 saturated heterocycles. The standard InChI is InChI=1S/C14H23N5O/c1-3-4-5-15-14-16-10-12(11-17-14)13(20)19-8-6-18(2)7-9-19/h10-11H,3-9H2,1-2H3,(H,15,16,17). The summed E-state index contributed by atoms with van der Waals surface area (Å²) in [6, 6.07) is 0. The van der Waals surface area contributed by atoms with Crippen molar-refractivity contribution in [2.75, 3.05) is 45.1 Å². The van der Waals surface area contributed by atoms with Crippen LogP contribution in [0.1, 0.15) is 30.1 Å². The number of unbranched alkanes of at least 4 members (excludes halogenated alkanes) is 1. The average Bonchev–Trinajstić information content (AvgIpc) is 2.48. The molecule has 6 heteroatoms. The average molecular weight is 277 g/mol. The highest BCUT2D eigenvalue weighted by atomic mass is 16.2. The third kappa shape index (κ3) is 3.90. The Morgan fingerprint density at radius 3 is 2.50 bits per heavy atom. The number of carbonyl (C=O) groups is 1. The van der Waals surface area contributed by atoms with E-state index in [1.807, 2.05) is 4.90 Å². The van der Waals surface area contributed by atoms with E-state index < -0.39 is 0 Å². The van der Waals surface area contributed by atoms with Crippen molar-refractivity contribution in [3.63, 3.8) is 0 Å². The quantitative estimate of drug-likeness (QED) is 0.816. The molecule has 1 aromatic heterocycles. The van der Waals surface area contributed by atoms with Crippen LogP contribution in [-0.2, 0) is 0 Å². The molecule has 6 nitrogen and oxygen atoms in total. The van der Waals surface area contributed by atoms with Gasteiger partial charge in [-0.1, -0.05) is 13.3 Å². The Kier molecular flexibility index (Phi) is 5.29. The zero-order valence-electron chi connectivity index (χ0n) is 12.3. The highest BCUT2D eigenvalue weighted by molar-refractivity contribution is 5.93. The maximum Gasteiger partial charge on any atom is 0.257 e. The number of hydrogen-bond acceptors (Lipinski definition) is 5. The Bertz CT molecular complexity index is 426. The molecule has 0 unspecified atom stereocenters. The van der Waals surface area contributed by atoms with Crippen LogP contribution in [0.4, 0.5) is 5.95 Å². The molecule has 1 fully saturated rings. The Hall–Kier alpha value is -1.69. The lowest BCUT2D eigenvalue weighted by atomic mass is 10.2. The lowest BCUT2D eigenvalue weighted by Gasteiger charge is -2.32. The molecule has 1 N–H and O–H groups in total. The highest BCUT2D eigenvalue weighted by Gasteiger charge is 2.20. The van der Waals surface area contributed by atoms with Gasteiger partial charge in [-0.3, -0.25) is 4.79 Å². The number of aromatic nitrogens is 2. The van der Waals surface area contributed by atoms with Crippen molar-refractivity contribution in [1.29, 1.82) is 0 Å². The molecule has 20 heavy (non-hydrogen) atoms. The highest BCUT2D eigenvalue weighted by Crippen LogP contribution is 2.08. The second-order valence-electron chi connectivity index (χ2n) is 5.17. The predicted molar refractivity (Wildman–Crippen MR) is 78.8 cm³/mol. The number of nitrogens with one attached hydrogen (secondary N) is 1. The van der Waals surface area contributed by atoms with Crippen LogP contribution >= 0.6 is 0 Å². The van der Waals surface area contributed by atoms with Gasteiger partial charge in [0.2, 0.25) is 5.95 Å². The molecule has 110 valence electrons. The second-order valence-corrected chi connectivity index (χ2v) is 5.17. The minimum absolute atomic E-state index is 0.0261. The first-order chi connectivity index (χ1) is 9.70. The number of anilines is 1. The first-order valence-electron chi connectivity index (χ1n) is 7.24. The fourth-order valence-corrected chi connectivity index (χ4v) is 2.10. The fourth-order valence-electron chi connectivity index (χ4n) is 2.10. The van der Waals surface area contributed by atoms with Gasteiger partial charge in [0, 0.05) is 45.1 Å². The van der Waals surface area contributed by atoms with E-state index in [1.54, 1.807) is 12.4 Å². The van der Waals surface area contributed by atoms with E-state index in [0.717, 1.165) is 45.6 Å². The number of hydrogen-bond donors (Lipinski definition) is 1. The molecule has 2 rings (SSSR count). The number of likely N-dealkylation sites (N-methyl/N-ethyl adjacent to an activating group) is 1. The van der Waals surface area contributed by atoms with Crippen LogP contribution in [0.15, 0.2) is 12.4 Å². The number of carbonyl (C=O) groups excluding carboxylic acids is 1. The predicted octanol–water partition coefficient (Wildman–Crippen LogP) is 1.08. The summed E-state index contributed by atoms with van der Waals surface area (Å²) in [7, 11) is 2.07. The molecule has 0 aromatic carbocycles. The monoisotopic (exact) mass is 277 g/mol. The Morgan fingerprint density at radius 2 is 1.90 bits per heavy atom. The summed E-state index contributed by atoms with van der Waals surface area (Å²) < 4.78 is 0. The Balaban J connectivity index is 1.90. The first kappa shape index (κ1) is 14.7. The van der Waals surface area contributed by atoms with E-state index in [1.165, 1.54) is 0 Å². The normalized spacial score (nSPS) is 16.2. The SMILES string of the molecule is CCCCNc1ncc(C(=O)N2CCN(C)CC2)cn1. The van der Waals surface area contributed by atoms with E-state index >= 15 is 0 Å². The maximum absolute atomic E-state index is 12.3. The van der Waals surface area contributed by atoms with E-state index in [0.29, 0.717) is 11.5 Å². The van der Waals surface area contributed by atoms with Gasteiger partial charge in [-0.15, -0.1) is 0 Å². The topological polar surface area (TPSA) is 61.4 Å². The van der Waals surface area contributed by atoms with Crippen molar-refractivity contribution >= 4 is 11.9 Å². The number of rotatable bonds is 5. The summed E-state index contributed by atoms with van der Waals surface area (Å²) in [5.41, 5.74) is 0.565. The molecule has 0 atom stereocenters. The van der Waals surface area contributed by atoms with Gasteiger partial charge in [-0.2, -0.15) is 0 Å². The largest absolute Gasteiger partial charge is 0.354 e. The van der Waals surface area contributed by atoms with E-state index in [2.05, 4.69) is 34.2 Å². The minimum atomic E-state index is 0.0261. The summed E-state index contributed by atoms with van der Waals surface area (Å²) in [5.74, 6) is 0.617. The molecule has 0 bridgehead atoms. The molecule has 1 amide bonds. The summed E-state index contributed by atoms with van der Waals surface area (Å²) in [4.78, 5) is 24.8. The third-order valence-corrected chi connectivity index (χ3v) is 3.50. The fraction of sp³-hybridized carbons (Fsp3) is 0.643. The van der Waals surface area contributed by atoms with Gasteiger partial charge in [-0.05, 0) is 13.5 Å². The van der Waals surface area contributed by atoms with Crippen LogP contribution in [0.3, 0.4) is 0 Å². The van der Waals surface area contributed by atoms with Gasteiger partial charge in [0.1, 0.15) is 0 Å². The third-order valence-electron chi connectivity index (χ3n) is 3.50. The summed E-state index contributed by atoms with van der Waals surface area (Å²) >= 11 is 0. The van der Waals surface area contributed by atoms with Crippen molar-refractivity contribution < 1.29 is 4.79 Å².